The molecule has 0 bridgehead atoms. The Bertz CT molecular complexity index is 707. The van der Waals surface area contributed by atoms with Gasteiger partial charge in [0.05, 0.1) is 18.6 Å². The van der Waals surface area contributed by atoms with E-state index in [1.54, 1.807) is 6.20 Å². The quantitative estimate of drug-likeness (QED) is 0.679. The number of ether oxygens (including phenoxy) is 1. The number of hydrogen-bond acceptors (Lipinski definition) is 7. The van der Waals surface area contributed by atoms with Gasteiger partial charge in [0, 0.05) is 11.8 Å². The van der Waals surface area contributed by atoms with Crippen LogP contribution in [0.2, 0.25) is 0 Å². The zero-order valence-corrected chi connectivity index (χ0v) is 14.3. The summed E-state index contributed by atoms with van der Waals surface area (Å²) in [6.45, 7) is 7.65. The van der Waals surface area contributed by atoms with Gasteiger partial charge in [-0.3, -0.25) is 9.59 Å². The maximum absolute atomic E-state index is 11.8. The van der Waals surface area contributed by atoms with E-state index in [-0.39, 0.29) is 36.6 Å². The van der Waals surface area contributed by atoms with Crippen LogP contribution in [0.4, 0.5) is 0 Å². The van der Waals surface area contributed by atoms with Crippen LogP contribution in [-0.2, 0) is 17.9 Å². The summed E-state index contributed by atoms with van der Waals surface area (Å²) in [5.41, 5.74) is 0.895. The average Bonchev–Trinajstić information content (AvgIpc) is 3.00. The fraction of sp³-hybridized carbons (Fsp3) is 0.500. The van der Waals surface area contributed by atoms with Crippen molar-refractivity contribution in [3.8, 4) is 5.88 Å². The van der Waals surface area contributed by atoms with Crippen LogP contribution in [0.1, 0.15) is 43.9 Å². The molecule has 0 aliphatic carbocycles. The summed E-state index contributed by atoms with van der Waals surface area (Å²) in [6.07, 6.45) is 4.46. The van der Waals surface area contributed by atoms with Crippen molar-refractivity contribution < 1.29 is 14.3 Å². The van der Waals surface area contributed by atoms with Crippen LogP contribution in [0, 0.1) is 11.8 Å². The van der Waals surface area contributed by atoms with E-state index < -0.39 is 0 Å². The molecule has 0 saturated heterocycles. The summed E-state index contributed by atoms with van der Waals surface area (Å²) in [5, 5.41) is 7.84. The van der Waals surface area contributed by atoms with E-state index in [9.17, 15) is 9.59 Å². The molecule has 0 radical (unpaired) electrons. The fourth-order valence-corrected chi connectivity index (χ4v) is 1.79. The monoisotopic (exact) mass is 331 g/mol. The normalized spacial score (nSPS) is 11.1. The Morgan fingerprint density at radius 1 is 1.12 bits per heavy atom. The molecule has 0 unspecified atom stereocenters. The van der Waals surface area contributed by atoms with Gasteiger partial charge in [-0.25, -0.2) is 14.6 Å². The average molecular weight is 331 g/mol. The molecule has 0 fully saturated rings. The van der Waals surface area contributed by atoms with Gasteiger partial charge >= 0.3 is 0 Å². The second kappa shape index (κ2) is 7.76. The van der Waals surface area contributed by atoms with Crippen LogP contribution in [0.3, 0.4) is 0 Å². The fourth-order valence-electron chi connectivity index (χ4n) is 1.79. The zero-order chi connectivity index (χ0) is 17.7. The first-order chi connectivity index (χ1) is 11.4. The second-order valence-electron chi connectivity index (χ2n) is 6.08. The van der Waals surface area contributed by atoms with Crippen LogP contribution < -0.4 is 4.74 Å². The summed E-state index contributed by atoms with van der Waals surface area (Å²) in [6, 6.07) is 0. The molecule has 2 aromatic heterocycles. The molecule has 0 spiro atoms. The number of Topliss-reactive ketones (excluding diaryl/α,β-unsaturated/α-hetero) is 2. The van der Waals surface area contributed by atoms with Crippen molar-refractivity contribution in [1.82, 2.24) is 25.0 Å². The maximum atomic E-state index is 11.8. The molecule has 8 heteroatoms. The molecule has 0 atom stereocenters. The van der Waals surface area contributed by atoms with Gasteiger partial charge in [-0.05, 0) is 0 Å². The predicted molar refractivity (Wildman–Crippen MR) is 85.4 cm³/mol. The molecule has 0 aliphatic rings. The number of nitrogens with zero attached hydrogens (tertiary/aromatic N) is 5. The second-order valence-corrected chi connectivity index (χ2v) is 6.08. The van der Waals surface area contributed by atoms with E-state index in [1.165, 1.54) is 17.1 Å². The molecule has 0 N–H and O–H groups in total. The van der Waals surface area contributed by atoms with Gasteiger partial charge in [-0.2, -0.15) is 0 Å². The number of rotatable bonds is 8. The molecule has 128 valence electrons. The number of ketones is 2. The Labute approximate surface area is 140 Å². The van der Waals surface area contributed by atoms with Gasteiger partial charge in [0.2, 0.25) is 5.88 Å². The minimum atomic E-state index is -0.130. The van der Waals surface area contributed by atoms with E-state index in [2.05, 4.69) is 20.3 Å². The lowest BCUT2D eigenvalue weighted by Gasteiger charge is -2.05. The number of carbonyl (C=O) groups is 2. The topological polar surface area (TPSA) is 99.9 Å². The van der Waals surface area contributed by atoms with Gasteiger partial charge in [-0.15, -0.1) is 5.10 Å². The molecule has 8 nitrogen and oxygen atoms in total. The molecule has 0 aromatic carbocycles. The van der Waals surface area contributed by atoms with Crippen LogP contribution in [0.15, 0.2) is 18.6 Å². The third-order valence-corrected chi connectivity index (χ3v) is 3.32. The first-order valence-electron chi connectivity index (χ1n) is 7.77. The molecular weight excluding hydrogens is 310 g/mol. The summed E-state index contributed by atoms with van der Waals surface area (Å²) < 4.78 is 6.95. The summed E-state index contributed by atoms with van der Waals surface area (Å²) in [4.78, 5) is 31.6. The maximum Gasteiger partial charge on any atom is 0.232 e. The Hall–Kier alpha value is -2.64. The van der Waals surface area contributed by atoms with E-state index in [4.69, 9.17) is 4.74 Å². The Morgan fingerprint density at radius 3 is 2.46 bits per heavy atom. The van der Waals surface area contributed by atoms with Gasteiger partial charge in [-0.1, -0.05) is 32.9 Å². The van der Waals surface area contributed by atoms with Crippen LogP contribution >= 0.6 is 0 Å². The Morgan fingerprint density at radius 2 is 1.88 bits per heavy atom. The lowest BCUT2D eigenvalue weighted by Crippen LogP contribution is -2.15. The minimum Gasteiger partial charge on any atom is -0.470 e. The lowest BCUT2D eigenvalue weighted by atomic mass is 10.1. The molecule has 2 aromatic rings. The first-order valence-corrected chi connectivity index (χ1v) is 7.77. The molecule has 0 amide bonds. The Kier molecular flexibility index (Phi) is 5.73. The third kappa shape index (κ3) is 4.68. The number of hydrogen-bond donors (Lipinski definition) is 0. The third-order valence-electron chi connectivity index (χ3n) is 3.32. The van der Waals surface area contributed by atoms with Crippen molar-refractivity contribution in [1.29, 1.82) is 0 Å². The van der Waals surface area contributed by atoms with Crippen molar-refractivity contribution in [2.24, 2.45) is 11.8 Å². The minimum absolute atomic E-state index is 0.0451. The molecule has 2 heterocycles. The standard InChI is InChI=1S/C16H21N5O3/c1-10(2)14(22)8-21-7-12(19-20-21)9-24-15-6-17-13(5-18-15)16(23)11(3)4/h5-7,10-11H,8-9H2,1-4H3. The molecule has 0 aliphatic heterocycles. The molecule has 24 heavy (non-hydrogen) atoms. The van der Waals surface area contributed by atoms with Crippen molar-refractivity contribution in [3.63, 3.8) is 0 Å². The van der Waals surface area contributed by atoms with E-state index >= 15 is 0 Å². The highest BCUT2D eigenvalue weighted by Crippen LogP contribution is 2.10. The van der Waals surface area contributed by atoms with Crippen LogP contribution in [0.5, 0.6) is 5.88 Å². The summed E-state index contributed by atoms with van der Waals surface area (Å²) in [5.74, 6) is 0.143. The zero-order valence-electron chi connectivity index (χ0n) is 14.3. The summed E-state index contributed by atoms with van der Waals surface area (Å²) in [7, 11) is 0. The Balaban J connectivity index is 1.91. The van der Waals surface area contributed by atoms with Gasteiger partial charge in [0.15, 0.2) is 11.6 Å². The van der Waals surface area contributed by atoms with Gasteiger partial charge < -0.3 is 4.74 Å². The molecule has 2 rings (SSSR count). The SMILES string of the molecule is CC(C)C(=O)Cn1cc(COc2cnc(C(=O)C(C)C)cn2)nn1. The van der Waals surface area contributed by atoms with Gasteiger partial charge in [0.25, 0.3) is 0 Å². The van der Waals surface area contributed by atoms with Gasteiger partial charge in [0.1, 0.15) is 24.5 Å². The van der Waals surface area contributed by atoms with Crippen molar-refractivity contribution in [2.75, 3.05) is 0 Å². The largest absolute Gasteiger partial charge is 0.470 e. The van der Waals surface area contributed by atoms with E-state index in [0.717, 1.165) is 0 Å². The number of aromatic nitrogens is 5. The number of carbonyl (C=O) groups excluding carboxylic acids is 2. The smallest absolute Gasteiger partial charge is 0.232 e. The highest BCUT2D eigenvalue weighted by Gasteiger charge is 2.13. The summed E-state index contributed by atoms with van der Waals surface area (Å²) >= 11 is 0. The van der Waals surface area contributed by atoms with Crippen LogP contribution in [0.25, 0.3) is 0 Å². The predicted octanol–water partition coefficient (Wildman–Crippen LogP) is 1.71. The molecular formula is C16H21N5O3. The van der Waals surface area contributed by atoms with E-state index in [1.807, 2.05) is 27.7 Å². The van der Waals surface area contributed by atoms with Crippen molar-refractivity contribution in [3.05, 3.63) is 30.0 Å². The van der Waals surface area contributed by atoms with Crippen LogP contribution in [-0.4, -0.2) is 36.5 Å². The van der Waals surface area contributed by atoms with Crippen molar-refractivity contribution in [2.45, 2.75) is 40.8 Å². The first kappa shape index (κ1) is 17.7. The highest BCUT2D eigenvalue weighted by atomic mass is 16.5. The molecule has 0 saturated carbocycles. The lowest BCUT2D eigenvalue weighted by molar-refractivity contribution is -0.122. The highest BCUT2D eigenvalue weighted by molar-refractivity contribution is 5.95. The van der Waals surface area contributed by atoms with E-state index in [0.29, 0.717) is 17.3 Å². The van der Waals surface area contributed by atoms with Crippen molar-refractivity contribution >= 4 is 11.6 Å².